The van der Waals surface area contributed by atoms with Gasteiger partial charge in [-0.15, -0.1) is 0 Å². The number of nitrogens with zero attached hydrogens (tertiary/aromatic N) is 2. The second-order valence-electron chi connectivity index (χ2n) is 5.43. The molecule has 1 aliphatic rings. The van der Waals surface area contributed by atoms with Crippen LogP contribution in [0.25, 0.3) is 0 Å². The minimum absolute atomic E-state index is 0.770. The van der Waals surface area contributed by atoms with Crippen molar-refractivity contribution in [1.29, 1.82) is 0 Å². The highest BCUT2D eigenvalue weighted by Gasteiger charge is 2.22. The SMILES string of the molecule is CNC1CCC(N(C)CCCN(C)C)CC1. The fourth-order valence-electron chi connectivity index (χ4n) is 2.62. The van der Waals surface area contributed by atoms with Crippen LogP contribution in [0.2, 0.25) is 0 Å². The molecule has 96 valence electrons. The summed E-state index contributed by atoms with van der Waals surface area (Å²) in [7, 11) is 8.68. The maximum atomic E-state index is 3.40. The van der Waals surface area contributed by atoms with Crippen molar-refractivity contribution in [2.45, 2.75) is 44.2 Å². The largest absolute Gasteiger partial charge is 0.317 e. The van der Waals surface area contributed by atoms with Gasteiger partial charge in [0.05, 0.1) is 0 Å². The molecule has 0 aromatic carbocycles. The van der Waals surface area contributed by atoms with E-state index in [1.807, 2.05) is 0 Å². The summed E-state index contributed by atoms with van der Waals surface area (Å²) >= 11 is 0. The van der Waals surface area contributed by atoms with Crippen molar-refractivity contribution in [3.05, 3.63) is 0 Å². The summed E-state index contributed by atoms with van der Waals surface area (Å²) in [5.74, 6) is 0. The van der Waals surface area contributed by atoms with Crippen molar-refractivity contribution < 1.29 is 0 Å². The average molecular weight is 227 g/mol. The molecule has 0 aliphatic heterocycles. The molecule has 0 saturated heterocycles. The van der Waals surface area contributed by atoms with E-state index in [0.717, 1.165) is 12.1 Å². The van der Waals surface area contributed by atoms with Gasteiger partial charge >= 0.3 is 0 Å². The molecule has 1 fully saturated rings. The van der Waals surface area contributed by atoms with Crippen LogP contribution in [-0.2, 0) is 0 Å². The van der Waals surface area contributed by atoms with Gasteiger partial charge < -0.3 is 15.1 Å². The lowest BCUT2D eigenvalue weighted by molar-refractivity contribution is 0.170. The monoisotopic (exact) mass is 227 g/mol. The van der Waals surface area contributed by atoms with E-state index in [9.17, 15) is 0 Å². The molecule has 16 heavy (non-hydrogen) atoms. The van der Waals surface area contributed by atoms with E-state index in [1.54, 1.807) is 0 Å². The molecule has 1 rings (SSSR count). The summed E-state index contributed by atoms with van der Waals surface area (Å²) in [5, 5.41) is 3.40. The van der Waals surface area contributed by atoms with E-state index in [2.05, 4.69) is 43.3 Å². The molecule has 0 bridgehead atoms. The van der Waals surface area contributed by atoms with E-state index >= 15 is 0 Å². The Kier molecular flexibility index (Phi) is 6.32. The molecule has 1 saturated carbocycles. The molecular formula is C13H29N3. The molecule has 0 radical (unpaired) electrons. The first-order chi connectivity index (χ1) is 7.63. The van der Waals surface area contributed by atoms with Gasteiger partial charge in [-0.1, -0.05) is 0 Å². The van der Waals surface area contributed by atoms with Gasteiger partial charge in [-0.25, -0.2) is 0 Å². The lowest BCUT2D eigenvalue weighted by atomic mass is 9.90. The maximum absolute atomic E-state index is 3.40. The Bertz CT molecular complexity index is 174. The van der Waals surface area contributed by atoms with Gasteiger partial charge in [0.25, 0.3) is 0 Å². The summed E-state index contributed by atoms with van der Waals surface area (Å²) in [4.78, 5) is 4.83. The van der Waals surface area contributed by atoms with E-state index in [0.29, 0.717) is 0 Å². The fourth-order valence-corrected chi connectivity index (χ4v) is 2.62. The van der Waals surface area contributed by atoms with Crippen molar-refractivity contribution in [3.8, 4) is 0 Å². The Morgan fingerprint density at radius 1 is 1.00 bits per heavy atom. The molecule has 0 heterocycles. The van der Waals surface area contributed by atoms with Crippen LogP contribution in [0, 0.1) is 0 Å². The van der Waals surface area contributed by atoms with Gasteiger partial charge in [-0.3, -0.25) is 0 Å². The predicted octanol–water partition coefficient (Wildman–Crippen LogP) is 1.40. The Hall–Kier alpha value is -0.120. The van der Waals surface area contributed by atoms with Gasteiger partial charge in [0, 0.05) is 12.1 Å². The Labute approximate surface area is 101 Å². The third-order valence-electron chi connectivity index (χ3n) is 3.84. The first-order valence-electron chi connectivity index (χ1n) is 6.65. The number of nitrogens with one attached hydrogen (secondary N) is 1. The van der Waals surface area contributed by atoms with Crippen molar-refractivity contribution in [3.63, 3.8) is 0 Å². The van der Waals surface area contributed by atoms with Gasteiger partial charge in [0.15, 0.2) is 0 Å². The highest BCUT2D eigenvalue weighted by molar-refractivity contribution is 4.80. The molecule has 1 N–H and O–H groups in total. The summed E-state index contributed by atoms with van der Waals surface area (Å²) in [6.07, 6.45) is 6.71. The van der Waals surface area contributed by atoms with Crippen LogP contribution >= 0.6 is 0 Å². The van der Waals surface area contributed by atoms with E-state index < -0.39 is 0 Å². The fraction of sp³-hybridized carbons (Fsp3) is 1.00. The lowest BCUT2D eigenvalue weighted by Gasteiger charge is -2.34. The second-order valence-corrected chi connectivity index (χ2v) is 5.43. The summed E-state index contributed by atoms with van der Waals surface area (Å²) in [6.45, 7) is 2.45. The maximum Gasteiger partial charge on any atom is 0.00933 e. The lowest BCUT2D eigenvalue weighted by Crippen LogP contribution is -2.40. The quantitative estimate of drug-likeness (QED) is 0.740. The standard InChI is InChI=1S/C13H29N3/c1-14-12-6-8-13(9-7-12)16(4)11-5-10-15(2)3/h12-14H,5-11H2,1-4H3. The van der Waals surface area contributed by atoms with Crippen LogP contribution in [-0.4, -0.2) is 63.2 Å². The number of rotatable bonds is 6. The molecule has 0 aromatic rings. The van der Waals surface area contributed by atoms with Gasteiger partial charge in [0.1, 0.15) is 0 Å². The normalized spacial score (nSPS) is 26.6. The van der Waals surface area contributed by atoms with Crippen molar-refractivity contribution in [1.82, 2.24) is 15.1 Å². The van der Waals surface area contributed by atoms with Crippen LogP contribution < -0.4 is 5.32 Å². The molecule has 0 spiro atoms. The minimum atomic E-state index is 0.770. The topological polar surface area (TPSA) is 18.5 Å². The summed E-state index contributed by atoms with van der Waals surface area (Å²) in [6, 6.07) is 1.60. The smallest absolute Gasteiger partial charge is 0.00933 e. The third-order valence-corrected chi connectivity index (χ3v) is 3.84. The van der Waals surface area contributed by atoms with E-state index in [1.165, 1.54) is 45.2 Å². The van der Waals surface area contributed by atoms with Crippen LogP contribution in [0.15, 0.2) is 0 Å². The van der Waals surface area contributed by atoms with Crippen LogP contribution in [0.5, 0.6) is 0 Å². The first-order valence-corrected chi connectivity index (χ1v) is 6.65. The number of hydrogen-bond acceptors (Lipinski definition) is 3. The zero-order valence-corrected chi connectivity index (χ0v) is 11.5. The Morgan fingerprint density at radius 2 is 1.62 bits per heavy atom. The summed E-state index contributed by atoms with van der Waals surface area (Å²) in [5.41, 5.74) is 0. The van der Waals surface area contributed by atoms with Gasteiger partial charge in [-0.05, 0) is 73.4 Å². The predicted molar refractivity (Wildman–Crippen MR) is 70.9 cm³/mol. The van der Waals surface area contributed by atoms with Crippen molar-refractivity contribution in [2.24, 2.45) is 0 Å². The highest BCUT2D eigenvalue weighted by atomic mass is 15.1. The minimum Gasteiger partial charge on any atom is -0.317 e. The van der Waals surface area contributed by atoms with Crippen molar-refractivity contribution >= 4 is 0 Å². The molecule has 0 amide bonds. The Morgan fingerprint density at radius 3 is 2.12 bits per heavy atom. The molecular weight excluding hydrogens is 198 g/mol. The zero-order valence-electron chi connectivity index (χ0n) is 11.5. The second kappa shape index (κ2) is 7.25. The highest BCUT2D eigenvalue weighted by Crippen LogP contribution is 2.22. The third kappa shape index (κ3) is 4.81. The van der Waals surface area contributed by atoms with Crippen LogP contribution in [0.3, 0.4) is 0 Å². The van der Waals surface area contributed by atoms with E-state index in [-0.39, 0.29) is 0 Å². The molecule has 0 atom stereocenters. The average Bonchev–Trinajstić information content (AvgIpc) is 2.28. The van der Waals surface area contributed by atoms with E-state index in [4.69, 9.17) is 0 Å². The molecule has 1 aliphatic carbocycles. The molecule has 0 unspecified atom stereocenters. The molecule has 3 heteroatoms. The van der Waals surface area contributed by atoms with Crippen molar-refractivity contribution in [2.75, 3.05) is 41.3 Å². The zero-order chi connectivity index (χ0) is 12.0. The molecule has 0 aromatic heterocycles. The Balaban J connectivity index is 2.15. The molecule has 3 nitrogen and oxygen atoms in total. The summed E-state index contributed by atoms with van der Waals surface area (Å²) < 4.78 is 0. The van der Waals surface area contributed by atoms with Gasteiger partial charge in [0.2, 0.25) is 0 Å². The van der Waals surface area contributed by atoms with Gasteiger partial charge in [-0.2, -0.15) is 0 Å². The number of hydrogen-bond donors (Lipinski definition) is 1. The van der Waals surface area contributed by atoms with Crippen LogP contribution in [0.1, 0.15) is 32.1 Å². The first kappa shape index (κ1) is 13.9. The van der Waals surface area contributed by atoms with Crippen LogP contribution in [0.4, 0.5) is 0 Å².